The molecule has 1 N–H and O–H groups in total. The molecule has 8 nitrogen and oxygen atoms in total. The van der Waals surface area contributed by atoms with Gasteiger partial charge in [0.15, 0.2) is 0 Å². The van der Waals surface area contributed by atoms with Gasteiger partial charge in [0.2, 0.25) is 5.91 Å². The molecule has 152 valence electrons. The molecule has 2 aromatic heterocycles. The molecule has 4 rings (SSSR count). The maximum Gasteiger partial charge on any atom is 0.261 e. The van der Waals surface area contributed by atoms with Crippen LogP contribution in [-0.2, 0) is 17.9 Å². The number of ether oxygens (including phenoxy) is 1. The van der Waals surface area contributed by atoms with Crippen molar-refractivity contribution in [1.82, 2.24) is 24.6 Å². The third-order valence-electron chi connectivity index (χ3n) is 4.55. The molecule has 0 aliphatic heterocycles. The fourth-order valence-electron chi connectivity index (χ4n) is 2.98. The fourth-order valence-corrected chi connectivity index (χ4v) is 2.98. The molecule has 9 heteroatoms. The number of carbonyl (C=O) groups is 1. The molecule has 30 heavy (non-hydrogen) atoms. The van der Waals surface area contributed by atoms with Gasteiger partial charge in [0.1, 0.15) is 18.1 Å². The first-order chi connectivity index (χ1) is 14.5. The Bertz CT molecular complexity index is 1260. The molecule has 2 heterocycles. The maximum atomic E-state index is 13.4. The van der Waals surface area contributed by atoms with E-state index in [9.17, 15) is 14.0 Å². The Morgan fingerprint density at radius 3 is 2.73 bits per heavy atom. The molecule has 4 aromatic rings. The number of aromatic nitrogens is 4. The van der Waals surface area contributed by atoms with Crippen molar-refractivity contribution in [2.75, 3.05) is 7.11 Å². The fraction of sp³-hybridized carbons (Fsp3) is 0.143. The van der Waals surface area contributed by atoms with E-state index in [1.165, 1.54) is 18.5 Å². The van der Waals surface area contributed by atoms with Crippen molar-refractivity contribution in [3.05, 3.63) is 82.9 Å². The smallest absolute Gasteiger partial charge is 0.261 e. The number of nitrogens with one attached hydrogen (secondary N) is 1. The summed E-state index contributed by atoms with van der Waals surface area (Å²) in [4.78, 5) is 28.8. The summed E-state index contributed by atoms with van der Waals surface area (Å²) >= 11 is 0. The second-order valence-corrected chi connectivity index (χ2v) is 6.57. The lowest BCUT2D eigenvalue weighted by Gasteiger charge is -2.07. The Balaban J connectivity index is 1.41. The summed E-state index contributed by atoms with van der Waals surface area (Å²) in [6.45, 7) is -0.0240. The first-order valence-electron chi connectivity index (χ1n) is 9.14. The van der Waals surface area contributed by atoms with Gasteiger partial charge in [-0.25, -0.2) is 14.1 Å². The number of halogens is 1. The van der Waals surface area contributed by atoms with Gasteiger partial charge in [0.25, 0.3) is 5.56 Å². The van der Waals surface area contributed by atoms with Crippen LogP contribution in [0.3, 0.4) is 0 Å². The standard InChI is InChI=1S/C21H18FN5O3/c1-30-17-5-3-16(4-6-17)27-9-8-15(25-27)11-23-20(28)12-26-13-24-19-7-2-14(22)10-18(19)21(26)29/h2-10,13H,11-12H2,1H3,(H,23,28). The van der Waals surface area contributed by atoms with E-state index < -0.39 is 11.4 Å². The van der Waals surface area contributed by atoms with Crippen LogP contribution in [-0.4, -0.2) is 32.3 Å². The summed E-state index contributed by atoms with van der Waals surface area (Å²) in [7, 11) is 1.60. The number of hydrogen-bond donors (Lipinski definition) is 1. The molecule has 0 atom stereocenters. The molecule has 0 unspecified atom stereocenters. The first-order valence-corrected chi connectivity index (χ1v) is 9.14. The van der Waals surface area contributed by atoms with Crippen LogP contribution < -0.4 is 15.6 Å². The molecular formula is C21H18FN5O3. The van der Waals surface area contributed by atoms with E-state index >= 15 is 0 Å². The lowest BCUT2D eigenvalue weighted by Crippen LogP contribution is -2.32. The number of nitrogens with zero attached hydrogens (tertiary/aromatic N) is 4. The van der Waals surface area contributed by atoms with E-state index in [0.29, 0.717) is 11.2 Å². The highest BCUT2D eigenvalue weighted by Crippen LogP contribution is 2.14. The third kappa shape index (κ3) is 4.04. The highest BCUT2D eigenvalue weighted by atomic mass is 19.1. The second-order valence-electron chi connectivity index (χ2n) is 6.57. The van der Waals surface area contributed by atoms with Gasteiger partial charge in [0, 0.05) is 6.20 Å². The zero-order valence-corrected chi connectivity index (χ0v) is 16.1. The van der Waals surface area contributed by atoms with Gasteiger partial charge < -0.3 is 10.1 Å². The highest BCUT2D eigenvalue weighted by molar-refractivity contribution is 5.79. The molecule has 0 saturated carbocycles. The monoisotopic (exact) mass is 407 g/mol. The van der Waals surface area contributed by atoms with Crippen LogP contribution in [0.15, 0.2) is 65.8 Å². The topological polar surface area (TPSA) is 91.0 Å². The van der Waals surface area contributed by atoms with Crippen LogP contribution in [0.5, 0.6) is 5.75 Å². The second kappa shape index (κ2) is 8.16. The molecule has 2 aromatic carbocycles. The zero-order chi connectivity index (χ0) is 21.1. The summed E-state index contributed by atoms with van der Waals surface area (Å²) < 4.78 is 21.4. The number of rotatable bonds is 6. The van der Waals surface area contributed by atoms with Crippen molar-refractivity contribution >= 4 is 16.8 Å². The molecule has 0 radical (unpaired) electrons. The lowest BCUT2D eigenvalue weighted by molar-refractivity contribution is -0.121. The van der Waals surface area contributed by atoms with Crippen molar-refractivity contribution < 1.29 is 13.9 Å². The molecule has 0 fully saturated rings. The van der Waals surface area contributed by atoms with Crippen LogP contribution in [0.1, 0.15) is 5.69 Å². The van der Waals surface area contributed by atoms with Crippen molar-refractivity contribution in [2.24, 2.45) is 0 Å². The molecule has 0 aliphatic rings. The van der Waals surface area contributed by atoms with E-state index in [1.54, 1.807) is 24.1 Å². The van der Waals surface area contributed by atoms with E-state index in [2.05, 4.69) is 15.4 Å². The molecule has 0 spiro atoms. The number of carbonyl (C=O) groups excluding carboxylic acids is 1. The Morgan fingerprint density at radius 1 is 1.17 bits per heavy atom. The van der Waals surface area contributed by atoms with E-state index in [-0.39, 0.29) is 24.4 Å². The molecular weight excluding hydrogens is 389 g/mol. The van der Waals surface area contributed by atoms with Crippen LogP contribution >= 0.6 is 0 Å². The number of fused-ring (bicyclic) bond motifs is 1. The van der Waals surface area contributed by atoms with Crippen molar-refractivity contribution in [3.8, 4) is 11.4 Å². The Labute approximate surface area is 170 Å². The Kier molecular flexibility index (Phi) is 5.25. The van der Waals surface area contributed by atoms with Crippen molar-refractivity contribution in [2.45, 2.75) is 13.1 Å². The van der Waals surface area contributed by atoms with Gasteiger partial charge in [-0.1, -0.05) is 0 Å². The number of amides is 1. The predicted molar refractivity (Wildman–Crippen MR) is 108 cm³/mol. The van der Waals surface area contributed by atoms with Gasteiger partial charge >= 0.3 is 0 Å². The number of benzene rings is 2. The zero-order valence-electron chi connectivity index (χ0n) is 16.1. The number of hydrogen-bond acceptors (Lipinski definition) is 5. The average Bonchev–Trinajstić information content (AvgIpc) is 3.24. The van der Waals surface area contributed by atoms with Crippen LogP contribution in [0.2, 0.25) is 0 Å². The van der Waals surface area contributed by atoms with Gasteiger partial charge in [0.05, 0.1) is 42.3 Å². The van der Waals surface area contributed by atoms with Crippen molar-refractivity contribution in [1.29, 1.82) is 0 Å². The van der Waals surface area contributed by atoms with Gasteiger partial charge in [-0.2, -0.15) is 5.10 Å². The first kappa shape index (κ1) is 19.3. The normalized spacial score (nSPS) is 10.9. The summed E-state index contributed by atoms with van der Waals surface area (Å²) in [6, 6.07) is 13.0. The van der Waals surface area contributed by atoms with Crippen LogP contribution in [0.4, 0.5) is 4.39 Å². The quantitative estimate of drug-likeness (QED) is 0.528. The predicted octanol–water partition coefficient (Wildman–Crippen LogP) is 2.05. The largest absolute Gasteiger partial charge is 0.497 e. The van der Waals surface area contributed by atoms with Crippen molar-refractivity contribution in [3.63, 3.8) is 0 Å². The minimum absolute atomic E-state index is 0.128. The maximum absolute atomic E-state index is 13.4. The lowest BCUT2D eigenvalue weighted by atomic mass is 10.2. The summed E-state index contributed by atoms with van der Waals surface area (Å²) in [5, 5.41) is 7.27. The third-order valence-corrected chi connectivity index (χ3v) is 4.55. The van der Waals surface area contributed by atoms with Crippen LogP contribution in [0.25, 0.3) is 16.6 Å². The Morgan fingerprint density at radius 2 is 1.97 bits per heavy atom. The van der Waals surface area contributed by atoms with Gasteiger partial charge in [-0.05, 0) is 48.5 Å². The SMILES string of the molecule is COc1ccc(-n2ccc(CNC(=O)Cn3cnc4ccc(F)cc4c3=O)n2)cc1. The summed E-state index contributed by atoms with van der Waals surface area (Å²) in [6.07, 6.45) is 3.07. The summed E-state index contributed by atoms with van der Waals surface area (Å²) in [5.74, 6) is -0.163. The minimum Gasteiger partial charge on any atom is -0.497 e. The molecule has 1 amide bonds. The number of methoxy groups -OCH3 is 1. The molecule has 0 aliphatic carbocycles. The molecule has 0 saturated heterocycles. The molecule has 0 bridgehead atoms. The van der Waals surface area contributed by atoms with Gasteiger partial charge in [-0.3, -0.25) is 14.2 Å². The van der Waals surface area contributed by atoms with Gasteiger partial charge in [-0.15, -0.1) is 0 Å². The summed E-state index contributed by atoms with van der Waals surface area (Å²) in [5.41, 5.74) is 1.42. The van der Waals surface area contributed by atoms with E-state index in [0.717, 1.165) is 22.1 Å². The van der Waals surface area contributed by atoms with E-state index in [4.69, 9.17) is 4.74 Å². The van der Waals surface area contributed by atoms with Crippen LogP contribution in [0, 0.1) is 5.82 Å². The average molecular weight is 407 g/mol. The highest BCUT2D eigenvalue weighted by Gasteiger charge is 2.10. The minimum atomic E-state index is -0.531. The Hall–Kier alpha value is -4.01. The van der Waals surface area contributed by atoms with E-state index in [1.807, 2.05) is 24.3 Å².